The van der Waals surface area contributed by atoms with Crippen LogP contribution < -0.4 is 9.64 Å². The summed E-state index contributed by atoms with van der Waals surface area (Å²) in [4.78, 5) is 14.6. The topological polar surface area (TPSA) is 66.5 Å². The first-order valence-corrected chi connectivity index (χ1v) is 9.28. The lowest BCUT2D eigenvalue weighted by Gasteiger charge is -2.21. The van der Waals surface area contributed by atoms with Gasteiger partial charge in [-0.3, -0.25) is 4.79 Å². The van der Waals surface area contributed by atoms with Crippen LogP contribution in [0.25, 0.3) is 11.3 Å². The number of anilines is 1. The molecule has 0 saturated heterocycles. The maximum atomic E-state index is 13.0. The number of ether oxygens (including phenoxy) is 1. The van der Waals surface area contributed by atoms with Crippen LogP contribution in [-0.4, -0.2) is 19.1 Å². The van der Waals surface area contributed by atoms with Crippen molar-refractivity contribution >= 4 is 23.2 Å². The molecule has 0 radical (unpaired) electrons. The molecule has 0 spiro atoms. The van der Waals surface area contributed by atoms with Crippen molar-refractivity contribution in [3.8, 4) is 23.1 Å². The van der Waals surface area contributed by atoms with Crippen LogP contribution in [0, 0.1) is 11.3 Å². The molecule has 0 aliphatic rings. The second-order valence-electron chi connectivity index (χ2n) is 5.94. The number of carbonyl (C=O) groups excluding carboxylic acids is 1. The highest BCUT2D eigenvalue weighted by Crippen LogP contribution is 2.30. The van der Waals surface area contributed by atoms with Gasteiger partial charge in [0, 0.05) is 17.8 Å². The lowest BCUT2D eigenvalue weighted by atomic mass is 10.2. The third-order valence-corrected chi connectivity index (χ3v) is 4.44. The van der Waals surface area contributed by atoms with E-state index in [0.29, 0.717) is 28.6 Å². The number of halogens is 1. The van der Waals surface area contributed by atoms with E-state index < -0.39 is 0 Å². The highest BCUT2D eigenvalue weighted by molar-refractivity contribution is 6.33. The summed E-state index contributed by atoms with van der Waals surface area (Å²) in [5.74, 6) is 1.10. The molecule has 0 unspecified atom stereocenters. The Hall–Kier alpha value is -3.23. The van der Waals surface area contributed by atoms with Crippen LogP contribution in [0.5, 0.6) is 5.75 Å². The van der Waals surface area contributed by atoms with Gasteiger partial charge in [-0.1, -0.05) is 23.7 Å². The number of rotatable bonds is 7. The van der Waals surface area contributed by atoms with E-state index in [9.17, 15) is 4.79 Å². The van der Waals surface area contributed by atoms with E-state index in [1.807, 2.05) is 25.1 Å². The van der Waals surface area contributed by atoms with Gasteiger partial charge in [-0.25, -0.2) is 0 Å². The van der Waals surface area contributed by atoms with Gasteiger partial charge in [-0.15, -0.1) is 0 Å². The average Bonchev–Trinajstić information content (AvgIpc) is 3.20. The van der Waals surface area contributed by atoms with Crippen LogP contribution >= 0.6 is 11.6 Å². The summed E-state index contributed by atoms with van der Waals surface area (Å²) >= 11 is 6.21. The van der Waals surface area contributed by atoms with Crippen molar-refractivity contribution < 1.29 is 13.9 Å². The molecule has 0 aliphatic carbocycles. The molecule has 0 atom stereocenters. The van der Waals surface area contributed by atoms with Gasteiger partial charge in [0.05, 0.1) is 24.1 Å². The number of amides is 1. The second kappa shape index (κ2) is 9.12. The van der Waals surface area contributed by atoms with E-state index >= 15 is 0 Å². The van der Waals surface area contributed by atoms with Gasteiger partial charge in [0.1, 0.15) is 11.5 Å². The molecular formula is C22H19ClN2O3. The Bertz CT molecular complexity index is 990. The van der Waals surface area contributed by atoms with Crippen molar-refractivity contribution in [3.63, 3.8) is 0 Å². The SMILES string of the molecule is CCOc1ccc(N(CCC#N)C(=O)c2ccc(-c3ccccc3Cl)o2)cc1. The summed E-state index contributed by atoms with van der Waals surface area (Å²) in [5.41, 5.74) is 1.38. The molecule has 142 valence electrons. The highest BCUT2D eigenvalue weighted by Gasteiger charge is 2.21. The first kappa shape index (κ1) is 19.5. The van der Waals surface area contributed by atoms with E-state index in [4.69, 9.17) is 26.0 Å². The number of hydrogen-bond donors (Lipinski definition) is 0. The monoisotopic (exact) mass is 394 g/mol. The lowest BCUT2D eigenvalue weighted by molar-refractivity contribution is 0.0961. The fourth-order valence-electron chi connectivity index (χ4n) is 2.79. The standard InChI is InChI=1S/C22H19ClN2O3/c1-2-27-17-10-8-16(9-11-17)25(15-5-14-24)22(26)21-13-12-20(28-21)18-6-3-4-7-19(18)23/h3-4,6-13H,2,5,15H2,1H3. The maximum absolute atomic E-state index is 13.0. The van der Waals surface area contributed by atoms with Crippen LogP contribution in [0.2, 0.25) is 5.02 Å². The number of nitriles is 1. The number of benzene rings is 2. The fourth-order valence-corrected chi connectivity index (χ4v) is 3.02. The van der Waals surface area contributed by atoms with E-state index in [-0.39, 0.29) is 24.6 Å². The van der Waals surface area contributed by atoms with Crippen molar-refractivity contribution in [3.05, 3.63) is 71.4 Å². The number of nitrogens with zero attached hydrogens (tertiary/aromatic N) is 2. The van der Waals surface area contributed by atoms with E-state index in [1.54, 1.807) is 42.5 Å². The molecule has 5 nitrogen and oxygen atoms in total. The van der Waals surface area contributed by atoms with E-state index in [0.717, 1.165) is 5.75 Å². The van der Waals surface area contributed by atoms with Gasteiger partial charge in [-0.2, -0.15) is 5.26 Å². The molecule has 3 rings (SSSR count). The van der Waals surface area contributed by atoms with Gasteiger partial charge >= 0.3 is 0 Å². The Morgan fingerprint density at radius 2 is 1.89 bits per heavy atom. The Morgan fingerprint density at radius 1 is 1.14 bits per heavy atom. The average molecular weight is 395 g/mol. The van der Waals surface area contributed by atoms with Crippen LogP contribution in [0.4, 0.5) is 5.69 Å². The minimum atomic E-state index is -0.322. The van der Waals surface area contributed by atoms with Crippen LogP contribution in [0.3, 0.4) is 0 Å². The molecule has 0 fully saturated rings. The van der Waals surface area contributed by atoms with Gasteiger partial charge in [0.25, 0.3) is 5.91 Å². The lowest BCUT2D eigenvalue weighted by Crippen LogP contribution is -2.31. The molecule has 3 aromatic rings. The molecule has 0 bridgehead atoms. The molecule has 0 saturated carbocycles. The first-order chi connectivity index (χ1) is 13.6. The minimum absolute atomic E-state index is 0.182. The van der Waals surface area contributed by atoms with Gasteiger partial charge in [-0.05, 0) is 55.5 Å². The zero-order chi connectivity index (χ0) is 19.9. The quantitative estimate of drug-likeness (QED) is 0.526. The summed E-state index contributed by atoms with van der Waals surface area (Å²) in [6.07, 6.45) is 0.205. The van der Waals surface area contributed by atoms with Gasteiger partial charge in [0.15, 0.2) is 5.76 Å². The second-order valence-corrected chi connectivity index (χ2v) is 6.34. The molecule has 2 aromatic carbocycles. The highest BCUT2D eigenvalue weighted by atomic mass is 35.5. The molecule has 0 N–H and O–H groups in total. The predicted molar refractivity (Wildman–Crippen MR) is 109 cm³/mol. The van der Waals surface area contributed by atoms with Crippen LogP contribution in [0.15, 0.2) is 65.1 Å². The Labute approximate surface area is 168 Å². The van der Waals surface area contributed by atoms with Crippen LogP contribution in [0.1, 0.15) is 23.9 Å². The zero-order valence-corrected chi connectivity index (χ0v) is 16.1. The van der Waals surface area contributed by atoms with Crippen molar-refractivity contribution in [1.29, 1.82) is 5.26 Å². The molecule has 1 heterocycles. The molecule has 1 amide bonds. The molecular weight excluding hydrogens is 376 g/mol. The first-order valence-electron chi connectivity index (χ1n) is 8.90. The summed E-state index contributed by atoms with van der Waals surface area (Å²) in [5, 5.41) is 9.51. The Morgan fingerprint density at radius 3 is 2.57 bits per heavy atom. The molecule has 28 heavy (non-hydrogen) atoms. The smallest absolute Gasteiger partial charge is 0.294 e. The predicted octanol–water partition coefficient (Wildman–Crippen LogP) is 5.56. The third kappa shape index (κ3) is 4.36. The van der Waals surface area contributed by atoms with Crippen molar-refractivity contribution in [2.45, 2.75) is 13.3 Å². The summed E-state index contributed by atoms with van der Waals surface area (Å²) in [7, 11) is 0. The van der Waals surface area contributed by atoms with Crippen molar-refractivity contribution in [1.82, 2.24) is 0 Å². The molecule has 0 aliphatic heterocycles. The Kier molecular flexibility index (Phi) is 6.36. The number of hydrogen-bond acceptors (Lipinski definition) is 4. The summed E-state index contributed by atoms with van der Waals surface area (Å²) in [6, 6.07) is 19.9. The van der Waals surface area contributed by atoms with Crippen LogP contribution in [-0.2, 0) is 0 Å². The minimum Gasteiger partial charge on any atom is -0.494 e. The van der Waals surface area contributed by atoms with Gasteiger partial charge < -0.3 is 14.1 Å². The van der Waals surface area contributed by atoms with Crippen molar-refractivity contribution in [2.24, 2.45) is 0 Å². The zero-order valence-electron chi connectivity index (χ0n) is 15.4. The molecule has 6 heteroatoms. The number of carbonyl (C=O) groups is 1. The van der Waals surface area contributed by atoms with Crippen molar-refractivity contribution in [2.75, 3.05) is 18.1 Å². The van der Waals surface area contributed by atoms with E-state index in [1.165, 1.54) is 4.90 Å². The summed E-state index contributed by atoms with van der Waals surface area (Å²) in [6.45, 7) is 2.73. The Balaban J connectivity index is 1.88. The number of furan rings is 1. The normalized spacial score (nSPS) is 10.3. The maximum Gasteiger partial charge on any atom is 0.294 e. The summed E-state index contributed by atoms with van der Waals surface area (Å²) < 4.78 is 11.2. The van der Waals surface area contributed by atoms with Gasteiger partial charge in [0.2, 0.25) is 0 Å². The largest absolute Gasteiger partial charge is 0.494 e. The van der Waals surface area contributed by atoms with E-state index in [2.05, 4.69) is 6.07 Å². The molecule has 1 aromatic heterocycles. The third-order valence-electron chi connectivity index (χ3n) is 4.11. The fraction of sp³-hybridized carbons (Fsp3) is 0.182.